The Hall–Kier alpha value is -3.44. The Labute approximate surface area is 180 Å². The highest BCUT2D eigenvalue weighted by Gasteiger charge is 2.39. The zero-order valence-corrected chi connectivity index (χ0v) is 17.4. The van der Waals surface area contributed by atoms with E-state index < -0.39 is 0 Å². The summed E-state index contributed by atoms with van der Waals surface area (Å²) in [6.45, 7) is 4.13. The molecule has 0 aliphatic carbocycles. The van der Waals surface area contributed by atoms with Crippen LogP contribution in [0.1, 0.15) is 22.4 Å². The summed E-state index contributed by atoms with van der Waals surface area (Å²) in [7, 11) is 0. The molecule has 0 atom stereocenters. The Bertz CT molecular complexity index is 1150. The number of benzene rings is 2. The number of nitrogens with one attached hydrogen (secondary N) is 1. The standard InChI is InChI=1S/C24H20ClN3O2/c1-15-6-11-19(13-16(15)2)27-22-21(17-7-9-18(25)10-8-17)23(29)28(24(22)30)14-20-5-3-4-12-26-20/h3-13,27H,14H2,1-2H3. The van der Waals surface area contributed by atoms with E-state index in [1.165, 1.54) is 4.90 Å². The normalized spacial score (nSPS) is 13.9. The van der Waals surface area contributed by atoms with Crippen molar-refractivity contribution >= 4 is 34.7 Å². The molecule has 30 heavy (non-hydrogen) atoms. The molecular weight excluding hydrogens is 398 g/mol. The summed E-state index contributed by atoms with van der Waals surface area (Å²) in [5, 5.41) is 3.74. The Morgan fingerprint density at radius 3 is 2.37 bits per heavy atom. The number of pyridine rings is 1. The first-order chi connectivity index (χ1) is 14.4. The minimum Gasteiger partial charge on any atom is -0.350 e. The van der Waals surface area contributed by atoms with Gasteiger partial charge >= 0.3 is 0 Å². The van der Waals surface area contributed by atoms with E-state index in [1.54, 1.807) is 42.6 Å². The fourth-order valence-electron chi connectivity index (χ4n) is 3.34. The molecular formula is C24H20ClN3O2. The SMILES string of the molecule is Cc1ccc(NC2=C(c3ccc(Cl)cc3)C(=O)N(Cc3ccccn3)C2=O)cc1C. The highest BCUT2D eigenvalue weighted by Crippen LogP contribution is 2.32. The Morgan fingerprint density at radius 2 is 1.70 bits per heavy atom. The summed E-state index contributed by atoms with van der Waals surface area (Å²) >= 11 is 6.02. The Morgan fingerprint density at radius 1 is 0.933 bits per heavy atom. The lowest BCUT2D eigenvalue weighted by Gasteiger charge is -2.15. The van der Waals surface area contributed by atoms with Crippen LogP contribution in [-0.4, -0.2) is 21.7 Å². The number of hydrogen-bond donors (Lipinski definition) is 1. The molecule has 2 aromatic carbocycles. The molecule has 0 bridgehead atoms. The Balaban J connectivity index is 1.75. The first kappa shape index (κ1) is 19.9. The molecule has 1 aliphatic heterocycles. The zero-order chi connectivity index (χ0) is 21.3. The van der Waals surface area contributed by atoms with Crippen LogP contribution in [0.25, 0.3) is 5.57 Å². The van der Waals surface area contributed by atoms with Crippen molar-refractivity contribution in [1.82, 2.24) is 9.88 Å². The first-order valence-corrected chi connectivity index (χ1v) is 9.92. The van der Waals surface area contributed by atoms with Gasteiger partial charge in [0.25, 0.3) is 11.8 Å². The highest BCUT2D eigenvalue weighted by atomic mass is 35.5. The summed E-state index contributed by atoms with van der Waals surface area (Å²) in [5.41, 5.74) is 4.84. The number of nitrogens with zero attached hydrogens (tertiary/aromatic N) is 2. The lowest BCUT2D eigenvalue weighted by molar-refractivity contribution is -0.137. The van der Waals surface area contributed by atoms with Crippen LogP contribution in [0.15, 0.2) is 72.6 Å². The number of aryl methyl sites for hydroxylation is 2. The minimum atomic E-state index is -0.381. The van der Waals surface area contributed by atoms with Crippen molar-refractivity contribution in [2.45, 2.75) is 20.4 Å². The second-order valence-corrected chi connectivity index (χ2v) is 7.63. The number of carbonyl (C=O) groups excluding carboxylic acids is 2. The van der Waals surface area contributed by atoms with E-state index in [2.05, 4.69) is 10.3 Å². The molecule has 5 nitrogen and oxygen atoms in total. The average Bonchev–Trinajstić information content (AvgIpc) is 2.96. The van der Waals surface area contributed by atoms with Crippen molar-refractivity contribution < 1.29 is 9.59 Å². The van der Waals surface area contributed by atoms with Crippen LogP contribution in [0.4, 0.5) is 5.69 Å². The first-order valence-electron chi connectivity index (χ1n) is 9.54. The van der Waals surface area contributed by atoms with Gasteiger partial charge in [-0.05, 0) is 66.9 Å². The molecule has 3 aromatic rings. The van der Waals surface area contributed by atoms with Crippen LogP contribution in [0, 0.1) is 13.8 Å². The third-order valence-electron chi connectivity index (χ3n) is 5.12. The van der Waals surface area contributed by atoms with Crippen LogP contribution in [0.3, 0.4) is 0 Å². The maximum atomic E-state index is 13.3. The molecule has 6 heteroatoms. The number of imide groups is 1. The van der Waals surface area contributed by atoms with Gasteiger partial charge in [-0.2, -0.15) is 0 Å². The van der Waals surface area contributed by atoms with Crippen molar-refractivity contribution in [3.8, 4) is 0 Å². The van der Waals surface area contributed by atoms with Crippen LogP contribution in [0.5, 0.6) is 0 Å². The zero-order valence-electron chi connectivity index (χ0n) is 16.6. The fraction of sp³-hybridized carbons (Fsp3) is 0.125. The molecule has 0 spiro atoms. The van der Waals surface area contributed by atoms with Crippen molar-refractivity contribution in [2.24, 2.45) is 0 Å². The largest absolute Gasteiger partial charge is 0.350 e. The van der Waals surface area contributed by atoms with Crippen LogP contribution >= 0.6 is 11.6 Å². The van der Waals surface area contributed by atoms with Crippen LogP contribution in [-0.2, 0) is 16.1 Å². The molecule has 1 N–H and O–H groups in total. The van der Waals surface area contributed by atoms with Crippen LogP contribution in [0.2, 0.25) is 5.02 Å². The topological polar surface area (TPSA) is 62.3 Å². The molecule has 0 saturated heterocycles. The number of aromatic nitrogens is 1. The van der Waals surface area contributed by atoms with Crippen LogP contribution < -0.4 is 5.32 Å². The van der Waals surface area contributed by atoms with Gasteiger partial charge in [0, 0.05) is 16.9 Å². The van der Waals surface area contributed by atoms with Crippen molar-refractivity contribution in [3.63, 3.8) is 0 Å². The number of carbonyl (C=O) groups is 2. The van der Waals surface area contributed by atoms with Gasteiger partial charge < -0.3 is 5.32 Å². The molecule has 2 amide bonds. The van der Waals surface area contributed by atoms with Gasteiger partial charge in [0.2, 0.25) is 0 Å². The average molecular weight is 418 g/mol. The highest BCUT2D eigenvalue weighted by molar-refractivity contribution is 6.36. The van der Waals surface area contributed by atoms with Gasteiger partial charge in [-0.15, -0.1) is 0 Å². The lowest BCUT2D eigenvalue weighted by atomic mass is 10.0. The molecule has 0 unspecified atom stereocenters. The summed E-state index contributed by atoms with van der Waals surface area (Å²) in [5.74, 6) is -0.742. The predicted molar refractivity (Wildman–Crippen MR) is 118 cm³/mol. The number of rotatable bonds is 5. The summed E-state index contributed by atoms with van der Waals surface area (Å²) in [4.78, 5) is 32.0. The molecule has 1 aromatic heterocycles. The van der Waals surface area contributed by atoms with Crippen molar-refractivity contribution in [3.05, 3.63) is 100.0 Å². The number of amides is 2. The third-order valence-corrected chi connectivity index (χ3v) is 5.38. The van der Waals surface area contributed by atoms with Gasteiger partial charge in [0.05, 0.1) is 17.8 Å². The number of anilines is 1. The molecule has 0 fully saturated rings. The monoisotopic (exact) mass is 417 g/mol. The van der Waals surface area contributed by atoms with E-state index in [9.17, 15) is 9.59 Å². The van der Waals surface area contributed by atoms with E-state index in [0.29, 0.717) is 21.9 Å². The van der Waals surface area contributed by atoms with Gasteiger partial charge in [0.1, 0.15) is 5.70 Å². The third kappa shape index (κ3) is 3.84. The molecule has 150 valence electrons. The van der Waals surface area contributed by atoms with Crippen molar-refractivity contribution in [1.29, 1.82) is 0 Å². The maximum absolute atomic E-state index is 13.3. The van der Waals surface area contributed by atoms with Gasteiger partial charge in [-0.25, -0.2) is 0 Å². The fourth-order valence-corrected chi connectivity index (χ4v) is 3.46. The van der Waals surface area contributed by atoms with Gasteiger partial charge in [-0.1, -0.05) is 35.9 Å². The number of hydrogen-bond acceptors (Lipinski definition) is 4. The summed E-state index contributed by atoms with van der Waals surface area (Å²) in [6.07, 6.45) is 1.64. The predicted octanol–water partition coefficient (Wildman–Crippen LogP) is 4.74. The van der Waals surface area contributed by atoms with E-state index in [1.807, 2.05) is 38.1 Å². The van der Waals surface area contributed by atoms with E-state index in [4.69, 9.17) is 11.6 Å². The Kier molecular flexibility index (Phi) is 5.38. The molecule has 0 radical (unpaired) electrons. The number of halogens is 1. The molecule has 2 heterocycles. The van der Waals surface area contributed by atoms with E-state index >= 15 is 0 Å². The van der Waals surface area contributed by atoms with E-state index in [-0.39, 0.29) is 24.1 Å². The summed E-state index contributed by atoms with van der Waals surface area (Å²) < 4.78 is 0. The second-order valence-electron chi connectivity index (χ2n) is 7.20. The second kappa shape index (κ2) is 8.13. The molecule has 4 rings (SSSR count). The van der Waals surface area contributed by atoms with Gasteiger partial charge in [0.15, 0.2) is 0 Å². The quantitative estimate of drug-likeness (QED) is 0.609. The van der Waals surface area contributed by atoms with Gasteiger partial charge in [-0.3, -0.25) is 19.5 Å². The molecule has 0 saturated carbocycles. The lowest BCUT2D eigenvalue weighted by Crippen LogP contribution is -2.32. The summed E-state index contributed by atoms with van der Waals surface area (Å²) in [6, 6.07) is 18.1. The van der Waals surface area contributed by atoms with Crippen molar-refractivity contribution in [2.75, 3.05) is 5.32 Å². The van der Waals surface area contributed by atoms with E-state index in [0.717, 1.165) is 16.8 Å². The maximum Gasteiger partial charge on any atom is 0.278 e. The smallest absolute Gasteiger partial charge is 0.278 e. The minimum absolute atomic E-state index is 0.105. The molecule has 1 aliphatic rings.